The number of rotatable bonds is 3. The summed E-state index contributed by atoms with van der Waals surface area (Å²) in [7, 11) is 0. The maximum absolute atomic E-state index is 11.7. The first-order valence-electron chi connectivity index (χ1n) is 5.41. The maximum Gasteiger partial charge on any atom is 0.264 e. The minimum absolute atomic E-state index is 0.199. The summed E-state index contributed by atoms with van der Waals surface area (Å²) in [6.45, 7) is 0.676. The summed E-state index contributed by atoms with van der Waals surface area (Å²) in [5, 5.41) is 2.70. The van der Waals surface area contributed by atoms with Crippen molar-refractivity contribution in [2.45, 2.75) is 12.5 Å². The molecule has 2 rings (SSSR count). The van der Waals surface area contributed by atoms with Crippen LogP contribution in [0.2, 0.25) is 0 Å². The molecule has 4 heteroatoms. The minimum atomic E-state index is -0.609. The molecule has 0 saturated carbocycles. The zero-order valence-corrected chi connectivity index (χ0v) is 9.31. The first kappa shape index (κ1) is 11.3. The van der Waals surface area contributed by atoms with Crippen molar-refractivity contribution in [3.8, 4) is 23.8 Å². The van der Waals surface area contributed by atoms with Crippen LogP contribution in [0.4, 0.5) is 0 Å². The van der Waals surface area contributed by atoms with Gasteiger partial charge in [-0.1, -0.05) is 12.1 Å². The molecule has 17 heavy (non-hydrogen) atoms. The number of para-hydroxylation sites is 2. The lowest BCUT2D eigenvalue weighted by atomic mass is 10.2. The van der Waals surface area contributed by atoms with E-state index in [1.807, 2.05) is 18.2 Å². The van der Waals surface area contributed by atoms with Gasteiger partial charge in [-0.15, -0.1) is 12.3 Å². The van der Waals surface area contributed by atoms with Gasteiger partial charge in [-0.05, 0) is 12.1 Å². The van der Waals surface area contributed by atoms with E-state index in [0.29, 0.717) is 24.5 Å². The third kappa shape index (κ3) is 2.70. The Hall–Kier alpha value is -2.15. The molecule has 0 aliphatic carbocycles. The second-order valence-electron chi connectivity index (χ2n) is 3.61. The highest BCUT2D eigenvalue weighted by atomic mass is 16.6. The molecule has 1 heterocycles. The quantitative estimate of drug-likeness (QED) is 0.622. The molecule has 1 aliphatic rings. The SMILES string of the molecule is C#CCCNC(=O)C1COc2ccccc2O1. The zero-order chi connectivity index (χ0) is 12.1. The lowest BCUT2D eigenvalue weighted by molar-refractivity contribution is -0.130. The first-order chi connectivity index (χ1) is 8.31. The van der Waals surface area contributed by atoms with Gasteiger partial charge in [0.05, 0.1) is 0 Å². The number of benzene rings is 1. The Bertz CT molecular complexity index is 450. The van der Waals surface area contributed by atoms with Crippen molar-refractivity contribution in [2.75, 3.05) is 13.2 Å². The van der Waals surface area contributed by atoms with Crippen molar-refractivity contribution in [1.82, 2.24) is 5.32 Å². The summed E-state index contributed by atoms with van der Waals surface area (Å²) in [6, 6.07) is 7.27. The Morgan fingerprint density at radius 2 is 2.24 bits per heavy atom. The summed E-state index contributed by atoms with van der Waals surface area (Å²) in [5.74, 6) is 3.52. The van der Waals surface area contributed by atoms with Crippen LogP contribution in [0, 0.1) is 12.3 Å². The highest BCUT2D eigenvalue weighted by molar-refractivity contribution is 5.81. The van der Waals surface area contributed by atoms with Gasteiger partial charge >= 0.3 is 0 Å². The fraction of sp³-hybridized carbons (Fsp3) is 0.308. The van der Waals surface area contributed by atoms with Crippen LogP contribution < -0.4 is 14.8 Å². The van der Waals surface area contributed by atoms with Crippen LogP contribution in [0.15, 0.2) is 24.3 Å². The number of hydrogen-bond acceptors (Lipinski definition) is 3. The third-order valence-corrected chi connectivity index (χ3v) is 2.37. The predicted molar refractivity (Wildman–Crippen MR) is 62.8 cm³/mol. The van der Waals surface area contributed by atoms with Gasteiger partial charge in [0.1, 0.15) is 6.61 Å². The van der Waals surface area contributed by atoms with Crippen molar-refractivity contribution >= 4 is 5.91 Å². The second kappa shape index (κ2) is 5.26. The Labute approximate surface area is 99.9 Å². The lowest BCUT2D eigenvalue weighted by Gasteiger charge is -2.25. The van der Waals surface area contributed by atoms with Crippen LogP contribution in [-0.2, 0) is 4.79 Å². The summed E-state index contributed by atoms with van der Waals surface area (Å²) in [6.07, 6.45) is 5.00. The van der Waals surface area contributed by atoms with E-state index in [1.54, 1.807) is 6.07 Å². The van der Waals surface area contributed by atoms with E-state index < -0.39 is 6.10 Å². The molecule has 1 aromatic carbocycles. The second-order valence-corrected chi connectivity index (χ2v) is 3.61. The molecule has 1 atom stereocenters. The largest absolute Gasteiger partial charge is 0.485 e. The number of amides is 1. The average molecular weight is 231 g/mol. The van der Waals surface area contributed by atoms with Crippen LogP contribution in [0.1, 0.15) is 6.42 Å². The van der Waals surface area contributed by atoms with Crippen LogP contribution in [-0.4, -0.2) is 25.2 Å². The number of nitrogens with one attached hydrogen (secondary N) is 1. The molecule has 0 spiro atoms. The number of hydrogen-bond donors (Lipinski definition) is 1. The van der Waals surface area contributed by atoms with Crippen LogP contribution in [0.5, 0.6) is 11.5 Å². The van der Waals surface area contributed by atoms with Crippen molar-refractivity contribution in [1.29, 1.82) is 0 Å². The van der Waals surface area contributed by atoms with Crippen LogP contribution in [0.3, 0.4) is 0 Å². The van der Waals surface area contributed by atoms with E-state index >= 15 is 0 Å². The lowest BCUT2D eigenvalue weighted by Crippen LogP contribution is -2.44. The summed E-state index contributed by atoms with van der Waals surface area (Å²) < 4.78 is 11.0. The Morgan fingerprint density at radius 3 is 3.00 bits per heavy atom. The molecule has 1 aromatic rings. The van der Waals surface area contributed by atoms with Gasteiger partial charge in [-0.3, -0.25) is 4.79 Å². The first-order valence-corrected chi connectivity index (χ1v) is 5.41. The molecule has 0 saturated heterocycles. The number of carbonyl (C=O) groups is 1. The monoisotopic (exact) mass is 231 g/mol. The van der Waals surface area contributed by atoms with Gasteiger partial charge in [0.25, 0.3) is 5.91 Å². The van der Waals surface area contributed by atoms with Gasteiger partial charge in [0.15, 0.2) is 11.5 Å². The van der Waals surface area contributed by atoms with E-state index in [9.17, 15) is 4.79 Å². The van der Waals surface area contributed by atoms with E-state index in [2.05, 4.69) is 11.2 Å². The Morgan fingerprint density at radius 1 is 1.47 bits per heavy atom. The average Bonchev–Trinajstić information content (AvgIpc) is 2.38. The Kier molecular flexibility index (Phi) is 3.51. The van der Waals surface area contributed by atoms with Gasteiger partial charge in [-0.2, -0.15) is 0 Å². The molecule has 4 nitrogen and oxygen atoms in total. The zero-order valence-electron chi connectivity index (χ0n) is 9.31. The predicted octanol–water partition coefficient (Wildman–Crippen LogP) is 0.966. The molecule has 0 radical (unpaired) electrons. The number of fused-ring (bicyclic) bond motifs is 1. The van der Waals surface area contributed by atoms with Crippen molar-refractivity contribution in [2.24, 2.45) is 0 Å². The summed E-state index contributed by atoms with van der Waals surface area (Å²) in [4.78, 5) is 11.7. The normalized spacial score (nSPS) is 17.0. The summed E-state index contributed by atoms with van der Waals surface area (Å²) >= 11 is 0. The standard InChI is InChI=1S/C13H13NO3/c1-2-3-8-14-13(15)12-9-16-10-6-4-5-7-11(10)17-12/h1,4-7,12H,3,8-9H2,(H,14,15). The third-order valence-electron chi connectivity index (χ3n) is 2.37. The van der Waals surface area contributed by atoms with E-state index in [0.717, 1.165) is 0 Å². The van der Waals surface area contributed by atoms with Crippen LogP contribution in [0.25, 0.3) is 0 Å². The smallest absolute Gasteiger partial charge is 0.264 e. The highest BCUT2D eigenvalue weighted by Gasteiger charge is 2.26. The van der Waals surface area contributed by atoms with Gasteiger partial charge in [0, 0.05) is 13.0 Å². The molecule has 0 aromatic heterocycles. The fourth-order valence-corrected chi connectivity index (χ4v) is 1.52. The van der Waals surface area contributed by atoms with Gasteiger partial charge in [-0.25, -0.2) is 0 Å². The van der Waals surface area contributed by atoms with Crippen molar-refractivity contribution < 1.29 is 14.3 Å². The highest BCUT2D eigenvalue weighted by Crippen LogP contribution is 2.30. The molecular formula is C13H13NO3. The molecule has 1 unspecified atom stereocenters. The van der Waals surface area contributed by atoms with Gasteiger partial charge < -0.3 is 14.8 Å². The molecule has 1 N–H and O–H groups in total. The fourth-order valence-electron chi connectivity index (χ4n) is 1.52. The van der Waals surface area contributed by atoms with Gasteiger partial charge in [0.2, 0.25) is 6.10 Å². The van der Waals surface area contributed by atoms with E-state index in [1.165, 1.54) is 0 Å². The molecule has 1 amide bonds. The molecular weight excluding hydrogens is 218 g/mol. The topological polar surface area (TPSA) is 47.6 Å². The summed E-state index contributed by atoms with van der Waals surface area (Å²) in [5.41, 5.74) is 0. The van der Waals surface area contributed by atoms with Crippen molar-refractivity contribution in [3.63, 3.8) is 0 Å². The molecule has 1 aliphatic heterocycles. The number of terminal acetylenes is 1. The molecule has 88 valence electrons. The minimum Gasteiger partial charge on any atom is -0.485 e. The number of ether oxygens (including phenoxy) is 2. The van der Waals surface area contributed by atoms with Crippen molar-refractivity contribution in [3.05, 3.63) is 24.3 Å². The molecule has 0 fully saturated rings. The Balaban J connectivity index is 1.93. The van der Waals surface area contributed by atoms with E-state index in [4.69, 9.17) is 15.9 Å². The maximum atomic E-state index is 11.7. The number of carbonyl (C=O) groups excluding carboxylic acids is 1. The molecule has 0 bridgehead atoms. The van der Waals surface area contributed by atoms with Crippen LogP contribution >= 0.6 is 0 Å². The van der Waals surface area contributed by atoms with E-state index in [-0.39, 0.29) is 12.5 Å².